The van der Waals surface area contributed by atoms with Gasteiger partial charge < -0.3 is 15.2 Å². The minimum Gasteiger partial charge on any atom is -0.394 e. The lowest BCUT2D eigenvalue weighted by atomic mass is 9.54. The molecular weight excluding hydrogens is 312 g/mol. The number of benzene rings is 1. The molecule has 0 spiro atoms. The molecule has 1 aromatic heterocycles. The number of aromatic nitrogens is 1. The number of nitrogens with one attached hydrogen (secondary N) is 1. The average molecular weight is 340 g/mol. The van der Waals surface area contributed by atoms with Crippen molar-refractivity contribution in [1.29, 1.82) is 0 Å². The molecule has 2 atom stereocenters. The van der Waals surface area contributed by atoms with Crippen molar-refractivity contribution < 1.29 is 9.84 Å². The maximum atomic E-state index is 10.0. The van der Waals surface area contributed by atoms with E-state index < -0.39 is 0 Å². The van der Waals surface area contributed by atoms with E-state index in [1.807, 2.05) is 31.3 Å². The maximum Gasteiger partial charge on any atom is 0.0702 e. The van der Waals surface area contributed by atoms with Gasteiger partial charge in [0, 0.05) is 30.3 Å². The van der Waals surface area contributed by atoms with Gasteiger partial charge in [-0.1, -0.05) is 38.1 Å². The third-order valence-corrected chi connectivity index (χ3v) is 5.73. The van der Waals surface area contributed by atoms with Gasteiger partial charge in [-0.25, -0.2) is 0 Å². The summed E-state index contributed by atoms with van der Waals surface area (Å²) in [5.41, 5.74) is 2.87. The Morgan fingerprint density at radius 3 is 2.72 bits per heavy atom. The lowest BCUT2D eigenvalue weighted by Gasteiger charge is -2.60. The van der Waals surface area contributed by atoms with Crippen LogP contribution in [0.25, 0.3) is 11.3 Å². The second-order valence-electron chi connectivity index (χ2n) is 7.38. The lowest BCUT2D eigenvalue weighted by Crippen LogP contribution is -2.73. The largest absolute Gasteiger partial charge is 0.394 e. The fourth-order valence-corrected chi connectivity index (χ4v) is 3.75. The molecule has 0 amide bonds. The van der Waals surface area contributed by atoms with Crippen molar-refractivity contribution in [2.24, 2.45) is 5.41 Å². The molecule has 1 fully saturated rings. The van der Waals surface area contributed by atoms with E-state index in [-0.39, 0.29) is 23.7 Å². The molecular formula is C21H28N2O2. The first-order valence-electron chi connectivity index (χ1n) is 9.00. The van der Waals surface area contributed by atoms with Crippen LogP contribution in [0.2, 0.25) is 0 Å². The van der Waals surface area contributed by atoms with Crippen LogP contribution in [0.4, 0.5) is 0 Å². The van der Waals surface area contributed by atoms with Crippen molar-refractivity contribution in [2.75, 3.05) is 13.2 Å². The molecule has 1 heterocycles. The minimum atomic E-state index is -0.298. The summed E-state index contributed by atoms with van der Waals surface area (Å²) >= 11 is 0. The van der Waals surface area contributed by atoms with Crippen LogP contribution in [0.1, 0.15) is 32.8 Å². The molecule has 3 rings (SSSR count). The van der Waals surface area contributed by atoms with Crippen LogP contribution >= 0.6 is 0 Å². The summed E-state index contributed by atoms with van der Waals surface area (Å²) in [7, 11) is 0. The number of hydrogen-bond acceptors (Lipinski definition) is 4. The summed E-state index contributed by atoms with van der Waals surface area (Å²) in [6.07, 6.45) is 2.84. The highest BCUT2D eigenvalue weighted by Crippen LogP contribution is 2.51. The summed E-state index contributed by atoms with van der Waals surface area (Å²) in [6.45, 7) is 7.90. The highest BCUT2D eigenvalue weighted by molar-refractivity contribution is 5.59. The normalized spacial score (nSPS) is 24.7. The van der Waals surface area contributed by atoms with Crippen LogP contribution in [0.15, 0.2) is 48.7 Å². The molecule has 1 aromatic carbocycles. The molecule has 2 aromatic rings. The number of rotatable bonds is 7. The van der Waals surface area contributed by atoms with Crippen LogP contribution in [-0.4, -0.2) is 34.9 Å². The first-order chi connectivity index (χ1) is 12.0. The minimum absolute atomic E-state index is 0.101. The molecule has 4 nitrogen and oxygen atoms in total. The molecule has 2 N–H and O–H groups in total. The Bertz CT molecular complexity index is 702. The number of aliphatic hydroxyl groups is 1. The van der Waals surface area contributed by atoms with Crippen LogP contribution in [-0.2, 0) is 11.3 Å². The third-order valence-electron chi connectivity index (χ3n) is 5.73. The Kier molecular flexibility index (Phi) is 5.23. The number of pyridine rings is 1. The fraction of sp³-hybridized carbons (Fsp3) is 0.476. The second kappa shape index (κ2) is 7.24. The lowest BCUT2D eigenvalue weighted by molar-refractivity contribution is -0.177. The highest BCUT2D eigenvalue weighted by atomic mass is 16.5. The molecule has 2 unspecified atom stereocenters. The van der Waals surface area contributed by atoms with Crippen molar-refractivity contribution in [2.45, 2.75) is 45.4 Å². The van der Waals surface area contributed by atoms with E-state index in [1.165, 1.54) is 5.56 Å². The SMILES string of the molecule is CCOC1CC(CO)(NCc2cccc(-c3ccccn3)c2)C1(C)C. The van der Waals surface area contributed by atoms with Crippen LogP contribution in [0.3, 0.4) is 0 Å². The van der Waals surface area contributed by atoms with Gasteiger partial charge in [0.25, 0.3) is 0 Å². The van der Waals surface area contributed by atoms with Gasteiger partial charge in [0.1, 0.15) is 0 Å². The molecule has 0 saturated heterocycles. The van der Waals surface area contributed by atoms with Gasteiger partial charge in [0.2, 0.25) is 0 Å². The van der Waals surface area contributed by atoms with E-state index in [2.05, 4.69) is 48.4 Å². The summed E-state index contributed by atoms with van der Waals surface area (Å²) in [4.78, 5) is 4.42. The Morgan fingerprint density at radius 1 is 1.24 bits per heavy atom. The zero-order valence-electron chi connectivity index (χ0n) is 15.3. The smallest absolute Gasteiger partial charge is 0.0702 e. The number of nitrogens with zero attached hydrogens (tertiary/aromatic N) is 1. The van der Waals surface area contributed by atoms with E-state index in [0.717, 1.165) is 17.7 Å². The van der Waals surface area contributed by atoms with Gasteiger partial charge in [-0.2, -0.15) is 0 Å². The topological polar surface area (TPSA) is 54.4 Å². The average Bonchev–Trinajstić information content (AvgIpc) is 2.65. The predicted molar refractivity (Wildman–Crippen MR) is 100 cm³/mol. The van der Waals surface area contributed by atoms with E-state index in [4.69, 9.17) is 4.74 Å². The van der Waals surface area contributed by atoms with Crippen LogP contribution in [0, 0.1) is 5.41 Å². The quantitative estimate of drug-likeness (QED) is 0.811. The predicted octanol–water partition coefficient (Wildman–Crippen LogP) is 3.40. The van der Waals surface area contributed by atoms with Crippen molar-refractivity contribution in [3.05, 3.63) is 54.2 Å². The molecule has 134 valence electrons. The van der Waals surface area contributed by atoms with Gasteiger partial charge in [-0.05, 0) is 37.1 Å². The van der Waals surface area contributed by atoms with Crippen LogP contribution < -0.4 is 5.32 Å². The van der Waals surface area contributed by atoms with Crippen molar-refractivity contribution in [1.82, 2.24) is 10.3 Å². The van der Waals surface area contributed by atoms with Crippen molar-refractivity contribution in [3.8, 4) is 11.3 Å². The number of ether oxygens (including phenoxy) is 1. The molecule has 1 saturated carbocycles. The Labute approximate surface area is 150 Å². The van der Waals surface area contributed by atoms with Gasteiger partial charge in [-0.3, -0.25) is 4.98 Å². The van der Waals surface area contributed by atoms with Gasteiger partial charge >= 0.3 is 0 Å². The molecule has 25 heavy (non-hydrogen) atoms. The summed E-state index contributed by atoms with van der Waals surface area (Å²) in [6, 6.07) is 14.3. The van der Waals surface area contributed by atoms with Gasteiger partial charge in [0.05, 0.1) is 23.9 Å². The standard InChI is InChI=1S/C21H28N2O2/c1-4-25-19-13-21(15-24,20(19,2)3)23-14-16-8-7-9-17(12-16)18-10-5-6-11-22-18/h5-12,19,23-24H,4,13-15H2,1-3H3. The van der Waals surface area contributed by atoms with Gasteiger partial charge in [0.15, 0.2) is 0 Å². The summed E-state index contributed by atoms with van der Waals surface area (Å²) in [5, 5.41) is 13.6. The molecule has 1 aliphatic rings. The van der Waals surface area contributed by atoms with Crippen molar-refractivity contribution >= 4 is 0 Å². The monoisotopic (exact) mass is 340 g/mol. The number of hydrogen-bond donors (Lipinski definition) is 2. The zero-order chi connectivity index (χ0) is 17.9. The summed E-state index contributed by atoms with van der Waals surface area (Å²) < 4.78 is 5.82. The molecule has 0 bridgehead atoms. The summed E-state index contributed by atoms with van der Waals surface area (Å²) in [5.74, 6) is 0. The molecule has 0 aliphatic heterocycles. The fourth-order valence-electron chi connectivity index (χ4n) is 3.75. The van der Waals surface area contributed by atoms with E-state index >= 15 is 0 Å². The van der Waals surface area contributed by atoms with E-state index in [9.17, 15) is 5.11 Å². The Balaban J connectivity index is 1.71. The Hall–Kier alpha value is -1.75. The molecule has 1 aliphatic carbocycles. The van der Waals surface area contributed by atoms with Crippen LogP contribution in [0.5, 0.6) is 0 Å². The molecule has 0 radical (unpaired) electrons. The maximum absolute atomic E-state index is 10.0. The zero-order valence-corrected chi connectivity index (χ0v) is 15.3. The Morgan fingerprint density at radius 2 is 2.08 bits per heavy atom. The number of aliphatic hydroxyl groups excluding tert-OH is 1. The van der Waals surface area contributed by atoms with E-state index in [1.54, 1.807) is 0 Å². The molecule has 4 heteroatoms. The van der Waals surface area contributed by atoms with E-state index in [0.29, 0.717) is 13.2 Å². The van der Waals surface area contributed by atoms with Gasteiger partial charge in [-0.15, -0.1) is 0 Å². The third kappa shape index (κ3) is 3.34. The second-order valence-corrected chi connectivity index (χ2v) is 7.38. The first-order valence-corrected chi connectivity index (χ1v) is 9.00. The first kappa shape index (κ1) is 18.1. The van der Waals surface area contributed by atoms with Crippen molar-refractivity contribution in [3.63, 3.8) is 0 Å². The highest BCUT2D eigenvalue weighted by Gasteiger charge is 2.60.